The molecule has 3 aromatic rings. The fourth-order valence-electron chi connectivity index (χ4n) is 4.63. The highest BCUT2D eigenvalue weighted by atomic mass is 19.4. The Bertz CT molecular complexity index is 1140. The van der Waals surface area contributed by atoms with E-state index >= 15 is 0 Å². The van der Waals surface area contributed by atoms with Gasteiger partial charge in [-0.05, 0) is 23.3 Å². The predicted octanol–water partition coefficient (Wildman–Crippen LogP) is 6.97. The summed E-state index contributed by atoms with van der Waals surface area (Å²) in [6.07, 6.45) is -12.0. The molecule has 1 aliphatic heterocycles. The summed E-state index contributed by atoms with van der Waals surface area (Å²) in [5.74, 6) is -2.83. The molecule has 1 fully saturated rings. The van der Waals surface area contributed by atoms with Crippen LogP contribution in [0.15, 0.2) is 72.8 Å². The molecular weight excluding hydrogens is 494 g/mol. The number of alkyl halides is 6. The number of halogens is 8. The predicted molar refractivity (Wildman–Crippen MR) is 116 cm³/mol. The van der Waals surface area contributed by atoms with E-state index in [2.05, 4.69) is 10.1 Å². The van der Waals surface area contributed by atoms with E-state index in [0.717, 1.165) is 23.8 Å². The molecule has 1 heterocycles. The molecule has 1 N–H and O–H groups in total. The van der Waals surface area contributed by atoms with Crippen molar-refractivity contribution in [3.63, 3.8) is 0 Å². The summed E-state index contributed by atoms with van der Waals surface area (Å²) in [6, 6.07) is 15.6. The smallest absolute Gasteiger partial charge is 0.349 e. The van der Waals surface area contributed by atoms with Crippen LogP contribution in [0.4, 0.5) is 35.1 Å². The average molecular weight is 515 g/mol. The van der Waals surface area contributed by atoms with Gasteiger partial charge in [0.2, 0.25) is 0 Å². The molecule has 36 heavy (non-hydrogen) atoms. The van der Waals surface area contributed by atoms with Crippen LogP contribution in [0.5, 0.6) is 0 Å². The Morgan fingerprint density at radius 1 is 0.667 bits per heavy atom. The van der Waals surface area contributed by atoms with Crippen molar-refractivity contribution in [3.8, 4) is 0 Å². The Labute approximate surface area is 201 Å². The van der Waals surface area contributed by atoms with Crippen molar-refractivity contribution in [3.05, 3.63) is 107 Å². The highest BCUT2D eigenvalue weighted by Crippen LogP contribution is 2.53. The van der Waals surface area contributed by atoms with E-state index in [-0.39, 0.29) is 11.8 Å². The van der Waals surface area contributed by atoms with Gasteiger partial charge in [-0.15, -0.1) is 0 Å². The van der Waals surface area contributed by atoms with E-state index in [1.54, 1.807) is 0 Å². The van der Waals surface area contributed by atoms with Crippen LogP contribution in [0.1, 0.15) is 34.1 Å². The Kier molecular flexibility index (Phi) is 7.12. The number of benzene rings is 3. The molecule has 1 aliphatic rings. The average Bonchev–Trinajstić information content (AvgIpc) is 3.30. The molecule has 2 unspecified atom stereocenters. The Morgan fingerprint density at radius 3 is 1.67 bits per heavy atom. The van der Waals surface area contributed by atoms with Gasteiger partial charge in [-0.2, -0.15) is 26.3 Å². The molecule has 4 rings (SSSR count). The molecule has 0 amide bonds. The molecule has 0 spiro atoms. The van der Waals surface area contributed by atoms with Crippen LogP contribution < -0.4 is 5.32 Å². The van der Waals surface area contributed by atoms with Gasteiger partial charge in [0, 0.05) is 36.1 Å². The summed E-state index contributed by atoms with van der Waals surface area (Å²) in [6.45, 7) is -0.490. The van der Waals surface area contributed by atoms with E-state index in [0.29, 0.717) is 30.8 Å². The summed E-state index contributed by atoms with van der Waals surface area (Å²) in [5, 5.41) is 3.21. The van der Waals surface area contributed by atoms with Crippen molar-refractivity contribution in [2.24, 2.45) is 0 Å². The molecular formula is C26H21F8NO. The normalized spacial score (nSPS) is 19.0. The zero-order chi connectivity index (χ0) is 26.1. The first-order valence-corrected chi connectivity index (χ1v) is 11.0. The largest absolute Gasteiger partial charge is 0.430 e. The molecule has 0 saturated carbocycles. The second kappa shape index (κ2) is 9.82. The number of rotatable bonds is 6. The Hall–Kier alpha value is -2.98. The maximum atomic E-state index is 14.1. The monoisotopic (exact) mass is 515 g/mol. The van der Waals surface area contributed by atoms with E-state index in [1.165, 1.54) is 12.1 Å². The lowest BCUT2D eigenvalue weighted by atomic mass is 9.82. The van der Waals surface area contributed by atoms with Gasteiger partial charge in [-0.3, -0.25) is 0 Å². The highest BCUT2D eigenvalue weighted by Gasteiger charge is 2.73. The summed E-state index contributed by atoms with van der Waals surface area (Å²) in [7, 11) is 0. The van der Waals surface area contributed by atoms with Gasteiger partial charge in [-0.1, -0.05) is 60.7 Å². The molecule has 10 heteroatoms. The number of hydrogen-bond acceptors (Lipinski definition) is 2. The fraction of sp³-hybridized carbons (Fsp3) is 0.308. The summed E-state index contributed by atoms with van der Waals surface area (Å²) >= 11 is 0. The van der Waals surface area contributed by atoms with Crippen LogP contribution >= 0.6 is 0 Å². The molecule has 0 aliphatic carbocycles. The molecule has 3 aromatic carbocycles. The first kappa shape index (κ1) is 26.1. The standard InChI is InChI=1S/C26H21F8NO/c27-22-7-4-8-23(28)21(22)15-36-24(25(29,30)31,26(32,33)34)18-11-9-17(10-12-18)20-14-35-13-19(20)16-5-2-1-3-6-16/h1-12,19-20,35H,13-15H2. The molecule has 2 atom stereocenters. The van der Waals surface area contributed by atoms with E-state index in [1.807, 2.05) is 30.3 Å². The highest BCUT2D eigenvalue weighted by molar-refractivity contribution is 5.36. The molecule has 2 nitrogen and oxygen atoms in total. The maximum absolute atomic E-state index is 14.1. The van der Waals surface area contributed by atoms with E-state index < -0.39 is 47.3 Å². The van der Waals surface area contributed by atoms with Gasteiger partial charge in [0.1, 0.15) is 11.6 Å². The van der Waals surface area contributed by atoms with Gasteiger partial charge in [-0.25, -0.2) is 8.78 Å². The Morgan fingerprint density at radius 2 is 1.17 bits per heavy atom. The van der Waals surface area contributed by atoms with Crippen LogP contribution in [0, 0.1) is 11.6 Å². The lowest BCUT2D eigenvalue weighted by Gasteiger charge is -2.37. The molecule has 0 radical (unpaired) electrons. The SMILES string of the molecule is Fc1cccc(F)c1COC(c1ccc(C2CNCC2c2ccccc2)cc1)(C(F)(F)F)C(F)(F)F. The second-order valence-corrected chi connectivity index (χ2v) is 8.57. The third-order valence-corrected chi connectivity index (χ3v) is 6.48. The fourth-order valence-corrected chi connectivity index (χ4v) is 4.63. The zero-order valence-corrected chi connectivity index (χ0v) is 18.6. The molecule has 0 aromatic heterocycles. The minimum absolute atomic E-state index is 0.0210. The number of hydrogen-bond donors (Lipinski definition) is 1. The van der Waals surface area contributed by atoms with Crippen LogP contribution in [-0.4, -0.2) is 25.4 Å². The van der Waals surface area contributed by atoms with E-state index in [9.17, 15) is 35.1 Å². The van der Waals surface area contributed by atoms with Crippen LogP contribution in [-0.2, 0) is 16.9 Å². The first-order chi connectivity index (χ1) is 17.0. The molecule has 192 valence electrons. The van der Waals surface area contributed by atoms with Gasteiger partial charge in [0.05, 0.1) is 6.61 Å². The van der Waals surface area contributed by atoms with Crippen molar-refractivity contribution < 1.29 is 39.9 Å². The van der Waals surface area contributed by atoms with Crippen molar-refractivity contribution >= 4 is 0 Å². The van der Waals surface area contributed by atoms with Gasteiger partial charge in [0.25, 0.3) is 5.60 Å². The minimum atomic E-state index is -5.98. The Balaban J connectivity index is 1.71. The number of ether oxygens (including phenoxy) is 1. The van der Waals surface area contributed by atoms with Gasteiger partial charge < -0.3 is 10.1 Å². The lowest BCUT2D eigenvalue weighted by molar-refractivity contribution is -0.392. The zero-order valence-electron chi connectivity index (χ0n) is 18.6. The van der Waals surface area contributed by atoms with Crippen molar-refractivity contribution in [2.45, 2.75) is 36.4 Å². The quantitative estimate of drug-likeness (QED) is 0.358. The van der Waals surface area contributed by atoms with Crippen molar-refractivity contribution in [1.82, 2.24) is 5.32 Å². The van der Waals surface area contributed by atoms with Crippen LogP contribution in [0.2, 0.25) is 0 Å². The van der Waals surface area contributed by atoms with E-state index in [4.69, 9.17) is 0 Å². The summed E-state index contributed by atoms with van der Waals surface area (Å²) < 4.78 is 117. The first-order valence-electron chi connectivity index (χ1n) is 11.0. The van der Waals surface area contributed by atoms with Crippen molar-refractivity contribution in [2.75, 3.05) is 13.1 Å². The van der Waals surface area contributed by atoms with Crippen LogP contribution in [0.25, 0.3) is 0 Å². The topological polar surface area (TPSA) is 21.3 Å². The lowest BCUT2D eigenvalue weighted by Crippen LogP contribution is -2.55. The third-order valence-electron chi connectivity index (χ3n) is 6.48. The van der Waals surface area contributed by atoms with Crippen molar-refractivity contribution in [1.29, 1.82) is 0 Å². The minimum Gasteiger partial charge on any atom is -0.349 e. The summed E-state index contributed by atoms with van der Waals surface area (Å²) in [4.78, 5) is 0. The number of nitrogens with one attached hydrogen (secondary N) is 1. The second-order valence-electron chi connectivity index (χ2n) is 8.57. The van der Waals surface area contributed by atoms with Gasteiger partial charge >= 0.3 is 12.4 Å². The molecule has 0 bridgehead atoms. The third kappa shape index (κ3) is 4.71. The maximum Gasteiger partial charge on any atom is 0.430 e. The summed E-state index contributed by atoms with van der Waals surface area (Å²) in [5.41, 5.74) is -5.51. The van der Waals surface area contributed by atoms with Crippen LogP contribution in [0.3, 0.4) is 0 Å². The van der Waals surface area contributed by atoms with Gasteiger partial charge in [0.15, 0.2) is 0 Å². The molecule has 1 saturated heterocycles.